The van der Waals surface area contributed by atoms with Crippen molar-refractivity contribution < 1.29 is 13.2 Å². The highest BCUT2D eigenvalue weighted by Crippen LogP contribution is 2.15. The zero-order valence-electron chi connectivity index (χ0n) is 8.15. The molecule has 4 heteroatoms. The molecule has 0 fully saturated rings. The smallest absolute Gasteiger partial charge is 0.178 e. The Hall–Kier alpha value is -1.16. The number of carbonyl (C=O) groups is 1. The molecule has 0 spiro atoms. The maximum absolute atomic E-state index is 11.5. The molecule has 0 heterocycles. The molecule has 0 saturated carbocycles. The normalized spacial score (nSPS) is 11.3. The van der Waals surface area contributed by atoms with Crippen LogP contribution in [0, 0.1) is 6.92 Å². The van der Waals surface area contributed by atoms with Crippen molar-refractivity contribution in [1.29, 1.82) is 0 Å². The average molecular weight is 212 g/mol. The summed E-state index contributed by atoms with van der Waals surface area (Å²) in [5, 5.41) is 0. The van der Waals surface area contributed by atoms with Crippen molar-refractivity contribution in [3.63, 3.8) is 0 Å². The Morgan fingerprint density at radius 3 is 2.50 bits per heavy atom. The summed E-state index contributed by atoms with van der Waals surface area (Å²) < 4.78 is 22.9. The van der Waals surface area contributed by atoms with Gasteiger partial charge >= 0.3 is 0 Å². The summed E-state index contributed by atoms with van der Waals surface area (Å²) in [6.07, 6.45) is 0.671. The van der Waals surface area contributed by atoms with Gasteiger partial charge in [-0.2, -0.15) is 0 Å². The number of hydrogen-bond donors (Lipinski definition) is 0. The monoisotopic (exact) mass is 212 g/mol. The zero-order chi connectivity index (χ0) is 10.8. The Morgan fingerprint density at radius 2 is 2.00 bits per heavy atom. The summed E-state index contributed by atoms with van der Waals surface area (Å²) in [7, 11) is -3.21. The number of benzene rings is 1. The van der Waals surface area contributed by atoms with Crippen molar-refractivity contribution >= 4 is 16.1 Å². The van der Waals surface area contributed by atoms with Gasteiger partial charge < -0.3 is 0 Å². The minimum atomic E-state index is -3.21. The van der Waals surface area contributed by atoms with Gasteiger partial charge in [-0.05, 0) is 24.6 Å². The van der Waals surface area contributed by atoms with Crippen molar-refractivity contribution in [1.82, 2.24) is 0 Å². The van der Waals surface area contributed by atoms with E-state index in [1.54, 1.807) is 19.9 Å². The van der Waals surface area contributed by atoms with Crippen LogP contribution in [-0.4, -0.2) is 20.5 Å². The molecule has 0 N–H and O–H groups in total. The van der Waals surface area contributed by atoms with E-state index in [2.05, 4.69) is 0 Å². The van der Waals surface area contributed by atoms with Crippen molar-refractivity contribution in [3.8, 4) is 0 Å². The predicted octanol–water partition coefficient (Wildman–Crippen LogP) is 1.60. The van der Waals surface area contributed by atoms with E-state index in [4.69, 9.17) is 0 Å². The molecule has 0 amide bonds. The molecular formula is C10H12O3S. The van der Waals surface area contributed by atoms with Crippen LogP contribution < -0.4 is 0 Å². The Morgan fingerprint density at radius 1 is 1.36 bits per heavy atom. The number of sulfone groups is 1. The highest BCUT2D eigenvalue weighted by Gasteiger charge is 2.12. The van der Waals surface area contributed by atoms with Crippen LogP contribution >= 0.6 is 0 Å². The van der Waals surface area contributed by atoms with Gasteiger partial charge in [0.15, 0.2) is 9.84 Å². The molecule has 0 unspecified atom stereocenters. The molecule has 0 aromatic heterocycles. The molecule has 0 bridgehead atoms. The Kier molecular flexibility index (Phi) is 3.06. The molecule has 1 aromatic rings. The first-order valence-electron chi connectivity index (χ1n) is 4.30. The van der Waals surface area contributed by atoms with Crippen LogP contribution in [0.15, 0.2) is 23.1 Å². The number of hydrogen-bond acceptors (Lipinski definition) is 3. The fourth-order valence-corrected chi connectivity index (χ4v) is 2.02. The number of aldehydes is 1. The Bertz CT molecular complexity index is 446. The highest BCUT2D eigenvalue weighted by atomic mass is 32.2. The third kappa shape index (κ3) is 2.01. The van der Waals surface area contributed by atoms with Crippen LogP contribution in [0.3, 0.4) is 0 Å². The summed E-state index contributed by atoms with van der Waals surface area (Å²) in [6.45, 7) is 3.35. The lowest BCUT2D eigenvalue weighted by atomic mass is 10.1. The third-order valence-electron chi connectivity index (χ3n) is 2.12. The van der Waals surface area contributed by atoms with E-state index in [0.29, 0.717) is 11.8 Å². The minimum Gasteiger partial charge on any atom is -0.298 e. The second kappa shape index (κ2) is 3.92. The van der Waals surface area contributed by atoms with E-state index in [1.807, 2.05) is 0 Å². The maximum atomic E-state index is 11.5. The Balaban J connectivity index is 3.33. The SMILES string of the molecule is CCS(=O)(=O)c1ccc(C)c(C=O)c1. The van der Waals surface area contributed by atoms with E-state index < -0.39 is 9.84 Å². The van der Waals surface area contributed by atoms with E-state index in [-0.39, 0.29) is 10.6 Å². The Labute approximate surface area is 83.7 Å². The first-order chi connectivity index (χ1) is 6.51. The highest BCUT2D eigenvalue weighted by molar-refractivity contribution is 7.91. The molecule has 0 atom stereocenters. The number of carbonyl (C=O) groups excluding carboxylic acids is 1. The topological polar surface area (TPSA) is 51.2 Å². The number of aryl methyl sites for hydroxylation is 1. The van der Waals surface area contributed by atoms with E-state index in [0.717, 1.165) is 5.56 Å². The van der Waals surface area contributed by atoms with Crippen molar-refractivity contribution in [2.75, 3.05) is 5.75 Å². The molecule has 0 aliphatic heterocycles. The lowest BCUT2D eigenvalue weighted by Gasteiger charge is -2.03. The van der Waals surface area contributed by atoms with Crippen LogP contribution in [0.4, 0.5) is 0 Å². The van der Waals surface area contributed by atoms with Gasteiger partial charge in [-0.3, -0.25) is 4.79 Å². The zero-order valence-corrected chi connectivity index (χ0v) is 8.97. The standard InChI is InChI=1S/C10H12O3S/c1-3-14(12,13)10-5-4-8(2)9(6-10)7-11/h4-7H,3H2,1-2H3. The van der Waals surface area contributed by atoms with E-state index in [1.165, 1.54) is 12.1 Å². The van der Waals surface area contributed by atoms with Crippen molar-refractivity contribution in [2.24, 2.45) is 0 Å². The van der Waals surface area contributed by atoms with Crippen LogP contribution in [0.5, 0.6) is 0 Å². The first-order valence-corrected chi connectivity index (χ1v) is 5.95. The fourth-order valence-electron chi connectivity index (χ4n) is 1.11. The van der Waals surface area contributed by atoms with Gasteiger partial charge in [-0.25, -0.2) is 8.42 Å². The van der Waals surface area contributed by atoms with Gasteiger partial charge in [-0.15, -0.1) is 0 Å². The fraction of sp³-hybridized carbons (Fsp3) is 0.300. The molecule has 0 aliphatic rings. The van der Waals surface area contributed by atoms with Gasteiger partial charge in [0.05, 0.1) is 10.6 Å². The van der Waals surface area contributed by atoms with Crippen LogP contribution in [0.25, 0.3) is 0 Å². The molecule has 0 saturated heterocycles. The lowest BCUT2D eigenvalue weighted by molar-refractivity contribution is 0.112. The van der Waals surface area contributed by atoms with Crippen molar-refractivity contribution in [3.05, 3.63) is 29.3 Å². The maximum Gasteiger partial charge on any atom is 0.178 e. The number of rotatable bonds is 3. The minimum absolute atomic E-state index is 0.0500. The third-order valence-corrected chi connectivity index (χ3v) is 3.85. The first kappa shape index (κ1) is 10.9. The van der Waals surface area contributed by atoms with Gasteiger partial charge in [0, 0.05) is 5.56 Å². The molecule has 1 rings (SSSR count). The van der Waals surface area contributed by atoms with Crippen LogP contribution in [-0.2, 0) is 9.84 Å². The molecule has 3 nitrogen and oxygen atoms in total. The molecular weight excluding hydrogens is 200 g/mol. The summed E-state index contributed by atoms with van der Waals surface area (Å²) in [6, 6.07) is 4.59. The second-order valence-corrected chi connectivity index (χ2v) is 5.32. The summed E-state index contributed by atoms with van der Waals surface area (Å²) in [5.41, 5.74) is 1.22. The summed E-state index contributed by atoms with van der Waals surface area (Å²) in [4.78, 5) is 10.8. The second-order valence-electron chi connectivity index (χ2n) is 3.04. The van der Waals surface area contributed by atoms with Gasteiger partial charge in [0.25, 0.3) is 0 Å². The van der Waals surface area contributed by atoms with Gasteiger partial charge in [0.2, 0.25) is 0 Å². The molecule has 1 aromatic carbocycles. The summed E-state index contributed by atoms with van der Waals surface area (Å²) in [5.74, 6) is 0.0500. The van der Waals surface area contributed by atoms with Gasteiger partial charge in [0.1, 0.15) is 6.29 Å². The molecule has 14 heavy (non-hydrogen) atoms. The average Bonchev–Trinajstić information content (AvgIpc) is 2.18. The predicted molar refractivity (Wildman–Crippen MR) is 54.3 cm³/mol. The molecule has 0 radical (unpaired) electrons. The van der Waals surface area contributed by atoms with Crippen molar-refractivity contribution in [2.45, 2.75) is 18.7 Å². The molecule has 76 valence electrons. The quantitative estimate of drug-likeness (QED) is 0.715. The summed E-state index contributed by atoms with van der Waals surface area (Å²) >= 11 is 0. The largest absolute Gasteiger partial charge is 0.298 e. The lowest BCUT2D eigenvalue weighted by Crippen LogP contribution is -2.04. The van der Waals surface area contributed by atoms with E-state index in [9.17, 15) is 13.2 Å². The van der Waals surface area contributed by atoms with Crippen LogP contribution in [0.1, 0.15) is 22.8 Å². The van der Waals surface area contributed by atoms with Gasteiger partial charge in [-0.1, -0.05) is 13.0 Å². The van der Waals surface area contributed by atoms with E-state index >= 15 is 0 Å². The van der Waals surface area contributed by atoms with Crippen LogP contribution in [0.2, 0.25) is 0 Å². The molecule has 0 aliphatic carbocycles.